The molecule has 5 aromatic rings. The number of nitrogens with one attached hydrogen (secondary N) is 2. The summed E-state index contributed by atoms with van der Waals surface area (Å²) in [6.45, 7) is 0. The second-order valence-electron chi connectivity index (χ2n) is 6.07. The van der Waals surface area contributed by atoms with Gasteiger partial charge in [-0.25, -0.2) is 0 Å². The van der Waals surface area contributed by atoms with Gasteiger partial charge in [0.15, 0.2) is 0 Å². The molecular weight excluding hydrogens is 326 g/mol. The Morgan fingerprint density at radius 2 is 1.62 bits per heavy atom. The van der Waals surface area contributed by atoms with Gasteiger partial charge in [0.25, 0.3) is 5.56 Å². The standard InChI is InChI=1S/C20H13N5O/c26-20-16(19-22-24-25-23-19)9-10-18(21-20)14-8-7-13-6-5-12-3-1-2-4-15(12)17(13)11-14/h1-11H,(H,21,26)(H,22,23,24,25). The number of rotatable bonds is 2. The van der Waals surface area contributed by atoms with Gasteiger partial charge in [0.2, 0.25) is 5.82 Å². The quantitative estimate of drug-likeness (QED) is 0.482. The molecule has 0 unspecified atom stereocenters. The molecule has 0 spiro atoms. The molecule has 5 rings (SSSR count). The maximum absolute atomic E-state index is 12.4. The molecule has 6 nitrogen and oxygen atoms in total. The van der Waals surface area contributed by atoms with Gasteiger partial charge in [0, 0.05) is 5.69 Å². The molecule has 0 saturated heterocycles. The highest BCUT2D eigenvalue weighted by Crippen LogP contribution is 2.29. The zero-order valence-corrected chi connectivity index (χ0v) is 13.6. The first kappa shape index (κ1) is 14.5. The van der Waals surface area contributed by atoms with E-state index in [9.17, 15) is 4.79 Å². The molecule has 3 aromatic carbocycles. The van der Waals surface area contributed by atoms with E-state index in [1.54, 1.807) is 6.07 Å². The van der Waals surface area contributed by atoms with Gasteiger partial charge in [-0.1, -0.05) is 48.5 Å². The molecule has 6 heteroatoms. The van der Waals surface area contributed by atoms with Gasteiger partial charge in [-0.05, 0) is 50.5 Å². The van der Waals surface area contributed by atoms with E-state index in [0.717, 1.165) is 16.6 Å². The maximum atomic E-state index is 12.4. The van der Waals surface area contributed by atoms with Crippen molar-refractivity contribution < 1.29 is 0 Å². The van der Waals surface area contributed by atoms with Gasteiger partial charge in [0.1, 0.15) is 0 Å². The average molecular weight is 339 g/mol. The van der Waals surface area contributed by atoms with Crippen molar-refractivity contribution in [3.05, 3.63) is 77.1 Å². The first-order valence-corrected chi connectivity index (χ1v) is 8.19. The van der Waals surface area contributed by atoms with Crippen LogP contribution < -0.4 is 5.56 Å². The molecular formula is C20H13N5O. The predicted octanol–water partition coefficient (Wildman–Crippen LogP) is 3.53. The van der Waals surface area contributed by atoms with Crippen LogP contribution in [0.2, 0.25) is 0 Å². The molecule has 2 N–H and O–H groups in total. The van der Waals surface area contributed by atoms with Gasteiger partial charge in [-0.2, -0.15) is 5.21 Å². The topological polar surface area (TPSA) is 87.3 Å². The first-order chi connectivity index (χ1) is 12.8. The molecule has 0 aliphatic heterocycles. The van der Waals surface area contributed by atoms with Gasteiger partial charge in [-0.3, -0.25) is 4.79 Å². The second-order valence-corrected chi connectivity index (χ2v) is 6.07. The van der Waals surface area contributed by atoms with Crippen molar-refractivity contribution in [2.75, 3.05) is 0 Å². The summed E-state index contributed by atoms with van der Waals surface area (Å²) in [4.78, 5) is 15.3. The smallest absolute Gasteiger partial charge is 0.259 e. The Labute approximate surface area is 147 Å². The third-order valence-corrected chi connectivity index (χ3v) is 4.55. The lowest BCUT2D eigenvalue weighted by Crippen LogP contribution is -2.10. The third kappa shape index (κ3) is 2.28. The number of pyridine rings is 1. The summed E-state index contributed by atoms with van der Waals surface area (Å²) >= 11 is 0. The van der Waals surface area contributed by atoms with Crippen LogP contribution in [0.4, 0.5) is 0 Å². The Morgan fingerprint density at radius 3 is 2.42 bits per heavy atom. The van der Waals surface area contributed by atoms with Crippen LogP contribution in [0.25, 0.3) is 44.2 Å². The minimum Gasteiger partial charge on any atom is -0.321 e. The summed E-state index contributed by atoms with van der Waals surface area (Å²) in [5.41, 5.74) is 1.83. The van der Waals surface area contributed by atoms with Crippen molar-refractivity contribution in [1.29, 1.82) is 0 Å². The summed E-state index contributed by atoms with van der Waals surface area (Å²) in [5, 5.41) is 18.3. The molecule has 0 saturated carbocycles. The number of benzene rings is 3. The molecule has 0 aliphatic carbocycles. The molecule has 0 fully saturated rings. The van der Waals surface area contributed by atoms with Crippen LogP contribution in [-0.4, -0.2) is 25.6 Å². The molecule has 26 heavy (non-hydrogen) atoms. The fraction of sp³-hybridized carbons (Fsp3) is 0. The zero-order chi connectivity index (χ0) is 17.5. The number of aromatic nitrogens is 5. The van der Waals surface area contributed by atoms with Crippen LogP contribution in [0.15, 0.2) is 71.5 Å². The highest BCUT2D eigenvalue weighted by Gasteiger charge is 2.10. The minimum absolute atomic E-state index is 0.248. The Hall–Kier alpha value is -3.80. The van der Waals surface area contributed by atoms with Crippen LogP contribution in [0, 0.1) is 0 Å². The predicted molar refractivity (Wildman–Crippen MR) is 101 cm³/mol. The van der Waals surface area contributed by atoms with Crippen molar-refractivity contribution in [3.8, 4) is 22.6 Å². The van der Waals surface area contributed by atoms with Crippen molar-refractivity contribution >= 4 is 21.5 Å². The van der Waals surface area contributed by atoms with E-state index in [1.807, 2.05) is 24.3 Å². The lowest BCUT2D eigenvalue weighted by Gasteiger charge is -2.07. The number of fused-ring (bicyclic) bond motifs is 3. The molecule has 0 bridgehead atoms. The molecule has 124 valence electrons. The number of tetrazole rings is 1. The Balaban J connectivity index is 1.68. The van der Waals surface area contributed by atoms with Crippen LogP contribution >= 0.6 is 0 Å². The molecule has 0 amide bonds. The normalized spacial score (nSPS) is 11.2. The lowest BCUT2D eigenvalue weighted by molar-refractivity contribution is 0.881. The number of hydrogen-bond donors (Lipinski definition) is 2. The van der Waals surface area contributed by atoms with Crippen LogP contribution in [-0.2, 0) is 0 Å². The summed E-state index contributed by atoms with van der Waals surface area (Å²) in [5.74, 6) is 0.280. The highest BCUT2D eigenvalue weighted by atomic mass is 16.1. The van der Waals surface area contributed by atoms with E-state index in [0.29, 0.717) is 5.56 Å². The van der Waals surface area contributed by atoms with Gasteiger partial charge >= 0.3 is 0 Å². The summed E-state index contributed by atoms with van der Waals surface area (Å²) in [7, 11) is 0. The maximum Gasteiger partial charge on any atom is 0.259 e. The van der Waals surface area contributed by atoms with E-state index < -0.39 is 0 Å². The lowest BCUT2D eigenvalue weighted by atomic mass is 9.99. The zero-order valence-electron chi connectivity index (χ0n) is 13.6. The van der Waals surface area contributed by atoms with E-state index in [1.165, 1.54) is 16.2 Å². The monoisotopic (exact) mass is 339 g/mol. The van der Waals surface area contributed by atoms with E-state index in [-0.39, 0.29) is 11.4 Å². The minimum atomic E-state index is -0.248. The molecule has 2 heterocycles. The van der Waals surface area contributed by atoms with E-state index in [4.69, 9.17) is 0 Å². The Morgan fingerprint density at radius 1 is 0.808 bits per heavy atom. The number of aromatic amines is 2. The van der Waals surface area contributed by atoms with Gasteiger partial charge in [-0.15, -0.1) is 10.2 Å². The highest BCUT2D eigenvalue weighted by molar-refractivity contribution is 6.08. The number of hydrogen-bond acceptors (Lipinski definition) is 4. The van der Waals surface area contributed by atoms with Crippen LogP contribution in [0.5, 0.6) is 0 Å². The van der Waals surface area contributed by atoms with Gasteiger partial charge in [0.05, 0.1) is 5.56 Å². The molecule has 0 radical (unpaired) electrons. The Bertz CT molecular complexity index is 1310. The van der Waals surface area contributed by atoms with Gasteiger partial charge < -0.3 is 4.98 Å². The first-order valence-electron chi connectivity index (χ1n) is 8.19. The van der Waals surface area contributed by atoms with Crippen molar-refractivity contribution in [2.24, 2.45) is 0 Å². The summed E-state index contributed by atoms with van der Waals surface area (Å²) < 4.78 is 0. The fourth-order valence-electron chi connectivity index (χ4n) is 3.26. The average Bonchev–Trinajstić information content (AvgIpc) is 3.22. The summed E-state index contributed by atoms with van der Waals surface area (Å²) in [6, 6.07) is 22.3. The van der Waals surface area contributed by atoms with E-state index in [2.05, 4.69) is 62.0 Å². The Kier molecular flexibility index (Phi) is 3.15. The molecule has 0 atom stereocenters. The molecule has 2 aromatic heterocycles. The van der Waals surface area contributed by atoms with Crippen molar-refractivity contribution in [2.45, 2.75) is 0 Å². The van der Waals surface area contributed by atoms with E-state index >= 15 is 0 Å². The molecule has 0 aliphatic rings. The fourth-order valence-corrected chi connectivity index (χ4v) is 3.26. The number of nitrogens with zero attached hydrogens (tertiary/aromatic N) is 3. The third-order valence-electron chi connectivity index (χ3n) is 4.55. The van der Waals surface area contributed by atoms with Crippen molar-refractivity contribution in [1.82, 2.24) is 25.6 Å². The SMILES string of the molecule is O=c1[nH]c(-c2ccc3ccc4ccccc4c3c2)ccc1-c1nn[nH]n1. The summed E-state index contributed by atoms with van der Waals surface area (Å²) in [6.07, 6.45) is 0. The number of H-pyrrole nitrogens is 2. The van der Waals surface area contributed by atoms with Crippen LogP contribution in [0.1, 0.15) is 0 Å². The second kappa shape index (κ2) is 5.63. The van der Waals surface area contributed by atoms with Crippen molar-refractivity contribution in [3.63, 3.8) is 0 Å². The van der Waals surface area contributed by atoms with Crippen LogP contribution in [0.3, 0.4) is 0 Å². The largest absolute Gasteiger partial charge is 0.321 e.